The maximum Gasteiger partial charge on any atom is 0.396 e. The number of ether oxygens (including phenoxy) is 1. The lowest BCUT2D eigenvalue weighted by Gasteiger charge is -2.03. The molecule has 0 unspecified atom stereocenters. The standard InChI is InChI=1S/C12H13N3O3/c1-2-18-12(17)11(16)13-7-10-8-5-3-4-6-9(8)14-15-10/h3-6H,2,7H2,1H3,(H,13,16)(H,14,15). The number of aromatic nitrogens is 2. The van der Waals surface area contributed by atoms with Gasteiger partial charge in [-0.3, -0.25) is 9.89 Å². The zero-order chi connectivity index (χ0) is 13.0. The van der Waals surface area contributed by atoms with E-state index in [4.69, 9.17) is 0 Å². The average Bonchev–Trinajstić information content (AvgIpc) is 2.79. The SMILES string of the molecule is CCOC(=O)C(=O)NCc1[nH]nc2ccccc12. The number of H-pyrrole nitrogens is 1. The third kappa shape index (κ3) is 2.48. The minimum atomic E-state index is -0.874. The number of hydrogen-bond donors (Lipinski definition) is 2. The number of nitrogens with one attached hydrogen (secondary N) is 2. The molecular weight excluding hydrogens is 234 g/mol. The lowest BCUT2D eigenvalue weighted by molar-refractivity contribution is -0.154. The Morgan fingerprint density at radius 1 is 1.39 bits per heavy atom. The van der Waals surface area contributed by atoms with Crippen LogP contribution in [0.3, 0.4) is 0 Å². The lowest BCUT2D eigenvalue weighted by atomic mass is 10.2. The van der Waals surface area contributed by atoms with E-state index >= 15 is 0 Å². The molecular formula is C12H13N3O3. The van der Waals surface area contributed by atoms with Gasteiger partial charge in [-0.25, -0.2) is 4.79 Å². The Bertz CT molecular complexity index is 577. The number of hydrogen-bond acceptors (Lipinski definition) is 4. The van der Waals surface area contributed by atoms with Crippen molar-refractivity contribution in [3.8, 4) is 0 Å². The van der Waals surface area contributed by atoms with Crippen LogP contribution >= 0.6 is 0 Å². The molecule has 18 heavy (non-hydrogen) atoms. The number of carbonyl (C=O) groups excluding carboxylic acids is 2. The molecule has 0 saturated carbocycles. The van der Waals surface area contributed by atoms with Crippen LogP contribution in [0.4, 0.5) is 0 Å². The number of rotatable bonds is 3. The van der Waals surface area contributed by atoms with Crippen LogP contribution in [0.1, 0.15) is 12.6 Å². The Morgan fingerprint density at radius 2 is 2.17 bits per heavy atom. The molecule has 1 heterocycles. The van der Waals surface area contributed by atoms with Gasteiger partial charge in [-0.15, -0.1) is 0 Å². The maximum atomic E-state index is 11.3. The molecule has 0 saturated heterocycles. The van der Waals surface area contributed by atoms with E-state index in [1.807, 2.05) is 24.3 Å². The molecule has 0 aliphatic heterocycles. The second kappa shape index (κ2) is 5.31. The van der Waals surface area contributed by atoms with E-state index in [-0.39, 0.29) is 13.2 Å². The molecule has 2 N–H and O–H groups in total. The topological polar surface area (TPSA) is 84.1 Å². The molecule has 2 aromatic rings. The fraction of sp³-hybridized carbons (Fsp3) is 0.250. The first-order chi connectivity index (χ1) is 8.72. The number of para-hydroxylation sites is 1. The van der Waals surface area contributed by atoms with E-state index in [0.717, 1.165) is 16.6 Å². The van der Waals surface area contributed by atoms with Crippen molar-refractivity contribution in [2.45, 2.75) is 13.5 Å². The molecule has 0 atom stereocenters. The number of esters is 1. The van der Waals surface area contributed by atoms with Gasteiger partial charge in [0.05, 0.1) is 24.4 Å². The summed E-state index contributed by atoms with van der Waals surface area (Å²) in [6, 6.07) is 7.52. The van der Waals surface area contributed by atoms with Crippen molar-refractivity contribution in [1.82, 2.24) is 15.5 Å². The summed E-state index contributed by atoms with van der Waals surface area (Å²) >= 11 is 0. The fourth-order valence-corrected chi connectivity index (χ4v) is 1.59. The Labute approximate surface area is 103 Å². The number of nitrogens with zero attached hydrogens (tertiary/aromatic N) is 1. The summed E-state index contributed by atoms with van der Waals surface area (Å²) in [5.41, 5.74) is 1.57. The first kappa shape index (κ1) is 12.1. The Hall–Kier alpha value is -2.37. The van der Waals surface area contributed by atoms with Crippen molar-refractivity contribution in [2.75, 3.05) is 6.61 Å². The number of carbonyl (C=O) groups is 2. The molecule has 0 spiro atoms. The molecule has 94 valence electrons. The second-order valence-corrected chi connectivity index (χ2v) is 3.62. The molecule has 1 amide bonds. The Balaban J connectivity index is 2.02. The maximum absolute atomic E-state index is 11.3. The summed E-state index contributed by atoms with van der Waals surface area (Å²) in [7, 11) is 0. The highest BCUT2D eigenvalue weighted by Crippen LogP contribution is 2.14. The van der Waals surface area contributed by atoms with Crippen molar-refractivity contribution < 1.29 is 14.3 Å². The van der Waals surface area contributed by atoms with Crippen molar-refractivity contribution in [3.05, 3.63) is 30.0 Å². The van der Waals surface area contributed by atoms with Gasteiger partial charge in [-0.2, -0.15) is 5.10 Å². The molecule has 1 aromatic carbocycles. The molecule has 0 fully saturated rings. The van der Waals surface area contributed by atoms with Crippen LogP contribution < -0.4 is 5.32 Å². The van der Waals surface area contributed by atoms with Gasteiger partial charge in [0.15, 0.2) is 0 Å². The molecule has 2 rings (SSSR count). The first-order valence-electron chi connectivity index (χ1n) is 5.59. The van der Waals surface area contributed by atoms with Crippen molar-refractivity contribution >= 4 is 22.8 Å². The van der Waals surface area contributed by atoms with Crippen molar-refractivity contribution in [3.63, 3.8) is 0 Å². The van der Waals surface area contributed by atoms with Crippen LogP contribution in [-0.4, -0.2) is 28.7 Å². The predicted molar refractivity (Wildman–Crippen MR) is 64.6 cm³/mol. The third-order valence-electron chi connectivity index (χ3n) is 2.43. The van der Waals surface area contributed by atoms with E-state index < -0.39 is 11.9 Å². The van der Waals surface area contributed by atoms with Crippen LogP contribution in [0.5, 0.6) is 0 Å². The Morgan fingerprint density at radius 3 is 2.94 bits per heavy atom. The summed E-state index contributed by atoms with van der Waals surface area (Å²) in [5.74, 6) is -1.63. The van der Waals surface area contributed by atoms with Crippen molar-refractivity contribution in [2.24, 2.45) is 0 Å². The monoisotopic (exact) mass is 247 g/mol. The molecule has 6 heteroatoms. The largest absolute Gasteiger partial charge is 0.459 e. The van der Waals surface area contributed by atoms with Gasteiger partial charge in [-0.05, 0) is 13.0 Å². The van der Waals surface area contributed by atoms with E-state index in [1.54, 1.807) is 6.92 Å². The summed E-state index contributed by atoms with van der Waals surface area (Å²) in [6.45, 7) is 2.03. The van der Waals surface area contributed by atoms with E-state index in [1.165, 1.54) is 0 Å². The molecule has 0 aliphatic rings. The van der Waals surface area contributed by atoms with Gasteiger partial charge >= 0.3 is 11.9 Å². The molecule has 1 aromatic heterocycles. The van der Waals surface area contributed by atoms with Gasteiger partial charge in [0, 0.05) is 5.39 Å². The van der Waals surface area contributed by atoms with Gasteiger partial charge < -0.3 is 10.1 Å². The predicted octanol–water partition coefficient (Wildman–Crippen LogP) is 0.742. The van der Waals surface area contributed by atoms with Gasteiger partial charge in [0.25, 0.3) is 0 Å². The first-order valence-corrected chi connectivity index (χ1v) is 5.59. The molecule has 0 bridgehead atoms. The highest BCUT2D eigenvalue weighted by Gasteiger charge is 2.14. The van der Waals surface area contributed by atoms with Gasteiger partial charge in [-0.1, -0.05) is 18.2 Å². The zero-order valence-corrected chi connectivity index (χ0v) is 9.90. The summed E-state index contributed by atoms with van der Waals surface area (Å²) < 4.78 is 4.58. The van der Waals surface area contributed by atoms with Crippen LogP contribution in [-0.2, 0) is 20.9 Å². The average molecular weight is 247 g/mol. The lowest BCUT2D eigenvalue weighted by Crippen LogP contribution is -2.32. The minimum absolute atomic E-state index is 0.180. The third-order valence-corrected chi connectivity index (χ3v) is 2.43. The zero-order valence-electron chi connectivity index (χ0n) is 9.90. The van der Waals surface area contributed by atoms with E-state index in [9.17, 15) is 9.59 Å². The van der Waals surface area contributed by atoms with Gasteiger partial charge in [0.2, 0.25) is 0 Å². The highest BCUT2D eigenvalue weighted by molar-refractivity contribution is 6.32. The minimum Gasteiger partial charge on any atom is -0.459 e. The van der Waals surface area contributed by atoms with E-state index in [2.05, 4.69) is 20.3 Å². The molecule has 6 nitrogen and oxygen atoms in total. The summed E-state index contributed by atoms with van der Waals surface area (Å²) in [5, 5.41) is 10.3. The van der Waals surface area contributed by atoms with Crippen LogP contribution in [0.15, 0.2) is 24.3 Å². The molecule has 0 aliphatic carbocycles. The number of amides is 1. The second-order valence-electron chi connectivity index (χ2n) is 3.62. The van der Waals surface area contributed by atoms with Gasteiger partial charge in [0.1, 0.15) is 0 Å². The van der Waals surface area contributed by atoms with Crippen LogP contribution in [0, 0.1) is 0 Å². The summed E-state index contributed by atoms with van der Waals surface area (Å²) in [4.78, 5) is 22.5. The smallest absolute Gasteiger partial charge is 0.396 e. The quantitative estimate of drug-likeness (QED) is 0.619. The highest BCUT2D eigenvalue weighted by atomic mass is 16.5. The molecule has 0 radical (unpaired) electrons. The fourth-order valence-electron chi connectivity index (χ4n) is 1.59. The van der Waals surface area contributed by atoms with Crippen LogP contribution in [0.25, 0.3) is 10.9 Å². The number of benzene rings is 1. The normalized spacial score (nSPS) is 10.3. The summed E-state index contributed by atoms with van der Waals surface area (Å²) in [6.07, 6.45) is 0. The number of aromatic amines is 1. The number of fused-ring (bicyclic) bond motifs is 1. The Kier molecular flexibility index (Phi) is 3.57. The van der Waals surface area contributed by atoms with Crippen LogP contribution in [0.2, 0.25) is 0 Å². The van der Waals surface area contributed by atoms with Crippen molar-refractivity contribution in [1.29, 1.82) is 0 Å². The van der Waals surface area contributed by atoms with E-state index in [0.29, 0.717) is 0 Å².